The molecule has 2 N–H and O–H groups in total. The van der Waals surface area contributed by atoms with E-state index >= 15 is 0 Å². The van der Waals surface area contributed by atoms with Crippen LogP contribution in [0.25, 0.3) is 0 Å². The molecule has 0 fully saturated rings. The number of guanidine groups is 1. The molecule has 130 valence electrons. The number of aliphatic imine (C=N–C) groups is 1. The standard InChI is InChI=1S/C18H25FN4S/c1-6-20-18(21-10-17-13(4)22-14(5)24-17)23-12(3)15-8-7-11(2)16(19)9-15/h7-9,12H,6,10H2,1-5H3,(H2,20,21,23). The molecule has 0 saturated heterocycles. The van der Waals surface area contributed by atoms with Gasteiger partial charge in [-0.3, -0.25) is 0 Å². The number of thiazole rings is 1. The van der Waals surface area contributed by atoms with Crippen molar-refractivity contribution < 1.29 is 4.39 Å². The first-order chi connectivity index (χ1) is 11.4. The third kappa shape index (κ3) is 4.77. The topological polar surface area (TPSA) is 49.3 Å². The Kier molecular flexibility index (Phi) is 6.31. The lowest BCUT2D eigenvalue weighted by atomic mass is 10.1. The molecular weight excluding hydrogens is 323 g/mol. The van der Waals surface area contributed by atoms with E-state index in [1.807, 2.05) is 33.8 Å². The normalized spacial score (nSPS) is 13.0. The van der Waals surface area contributed by atoms with Crippen molar-refractivity contribution in [2.75, 3.05) is 6.54 Å². The lowest BCUT2D eigenvalue weighted by molar-refractivity contribution is 0.607. The minimum atomic E-state index is -0.182. The van der Waals surface area contributed by atoms with Crippen molar-refractivity contribution >= 4 is 17.3 Å². The number of hydrogen-bond donors (Lipinski definition) is 2. The number of halogens is 1. The zero-order valence-electron chi connectivity index (χ0n) is 14.9. The molecule has 0 aliphatic rings. The molecular formula is C18H25FN4S. The van der Waals surface area contributed by atoms with E-state index in [-0.39, 0.29) is 11.9 Å². The summed E-state index contributed by atoms with van der Waals surface area (Å²) in [5, 5.41) is 7.62. The van der Waals surface area contributed by atoms with Crippen molar-refractivity contribution in [3.63, 3.8) is 0 Å². The van der Waals surface area contributed by atoms with Crippen LogP contribution in [-0.2, 0) is 6.54 Å². The van der Waals surface area contributed by atoms with Crippen molar-refractivity contribution in [2.24, 2.45) is 4.99 Å². The van der Waals surface area contributed by atoms with Crippen LogP contribution in [0, 0.1) is 26.6 Å². The van der Waals surface area contributed by atoms with E-state index in [4.69, 9.17) is 0 Å². The van der Waals surface area contributed by atoms with E-state index in [0.29, 0.717) is 12.1 Å². The van der Waals surface area contributed by atoms with Crippen LogP contribution < -0.4 is 10.6 Å². The van der Waals surface area contributed by atoms with Gasteiger partial charge in [-0.05, 0) is 51.8 Å². The predicted molar refractivity (Wildman–Crippen MR) is 99.1 cm³/mol. The SMILES string of the molecule is CCNC(=NCc1sc(C)nc1C)NC(C)c1ccc(C)c(F)c1. The largest absolute Gasteiger partial charge is 0.357 e. The van der Waals surface area contributed by atoms with Crippen LogP contribution in [0.4, 0.5) is 4.39 Å². The number of nitrogens with zero attached hydrogens (tertiary/aromatic N) is 2. The summed E-state index contributed by atoms with van der Waals surface area (Å²) in [6, 6.07) is 5.28. The zero-order valence-corrected chi connectivity index (χ0v) is 15.7. The monoisotopic (exact) mass is 348 g/mol. The first-order valence-corrected chi connectivity index (χ1v) is 8.96. The van der Waals surface area contributed by atoms with Gasteiger partial charge in [0.25, 0.3) is 0 Å². The van der Waals surface area contributed by atoms with Gasteiger partial charge >= 0.3 is 0 Å². The predicted octanol–water partition coefficient (Wildman–Crippen LogP) is 4.02. The van der Waals surface area contributed by atoms with E-state index in [2.05, 4.69) is 20.6 Å². The molecule has 1 aromatic carbocycles. The highest BCUT2D eigenvalue weighted by Crippen LogP contribution is 2.19. The van der Waals surface area contributed by atoms with Crippen molar-refractivity contribution in [1.29, 1.82) is 0 Å². The molecule has 24 heavy (non-hydrogen) atoms. The lowest BCUT2D eigenvalue weighted by Gasteiger charge is -2.18. The molecule has 0 saturated carbocycles. The van der Waals surface area contributed by atoms with Crippen LogP contribution in [-0.4, -0.2) is 17.5 Å². The summed E-state index contributed by atoms with van der Waals surface area (Å²) in [5.41, 5.74) is 2.59. The Bertz CT molecular complexity index is 724. The average Bonchev–Trinajstić information content (AvgIpc) is 2.85. The minimum absolute atomic E-state index is 0.0396. The first kappa shape index (κ1) is 18.4. The Hall–Kier alpha value is -1.95. The number of aromatic nitrogens is 1. The van der Waals surface area contributed by atoms with Crippen LogP contribution in [0.5, 0.6) is 0 Å². The average molecular weight is 348 g/mol. The van der Waals surface area contributed by atoms with Gasteiger partial charge in [0, 0.05) is 11.4 Å². The van der Waals surface area contributed by atoms with Gasteiger partial charge in [0.15, 0.2) is 5.96 Å². The molecule has 1 unspecified atom stereocenters. The van der Waals surface area contributed by atoms with E-state index < -0.39 is 0 Å². The van der Waals surface area contributed by atoms with Gasteiger partial charge in [-0.1, -0.05) is 12.1 Å². The van der Waals surface area contributed by atoms with Crippen molar-refractivity contribution in [2.45, 2.75) is 47.2 Å². The van der Waals surface area contributed by atoms with Crippen molar-refractivity contribution in [3.05, 3.63) is 50.7 Å². The number of nitrogens with one attached hydrogen (secondary N) is 2. The first-order valence-electron chi connectivity index (χ1n) is 8.14. The maximum absolute atomic E-state index is 13.8. The molecule has 2 aromatic rings. The molecule has 6 heteroatoms. The number of benzene rings is 1. The Labute approximate surface area is 147 Å². The molecule has 0 amide bonds. The molecule has 1 aromatic heterocycles. The van der Waals surface area contributed by atoms with Gasteiger partial charge in [-0.15, -0.1) is 11.3 Å². The molecule has 0 radical (unpaired) electrons. The van der Waals surface area contributed by atoms with Crippen molar-refractivity contribution in [3.8, 4) is 0 Å². The van der Waals surface area contributed by atoms with Crippen LogP contribution in [0.2, 0.25) is 0 Å². The van der Waals surface area contributed by atoms with Gasteiger partial charge < -0.3 is 10.6 Å². The fourth-order valence-electron chi connectivity index (χ4n) is 2.36. The van der Waals surface area contributed by atoms with Gasteiger partial charge in [0.1, 0.15) is 5.82 Å². The molecule has 2 rings (SSSR count). The van der Waals surface area contributed by atoms with Crippen LogP contribution in [0.15, 0.2) is 23.2 Å². The third-order valence-electron chi connectivity index (χ3n) is 3.77. The van der Waals surface area contributed by atoms with Crippen LogP contribution >= 0.6 is 11.3 Å². The van der Waals surface area contributed by atoms with Crippen LogP contribution in [0.3, 0.4) is 0 Å². The molecule has 0 aliphatic heterocycles. The minimum Gasteiger partial charge on any atom is -0.357 e. The van der Waals surface area contributed by atoms with E-state index in [0.717, 1.165) is 28.8 Å². The number of rotatable bonds is 5. The molecule has 0 spiro atoms. The Morgan fingerprint density at radius 3 is 2.67 bits per heavy atom. The summed E-state index contributed by atoms with van der Waals surface area (Å²) in [4.78, 5) is 10.2. The van der Waals surface area contributed by atoms with Crippen molar-refractivity contribution in [1.82, 2.24) is 15.6 Å². The summed E-state index contributed by atoms with van der Waals surface area (Å²) in [6.07, 6.45) is 0. The summed E-state index contributed by atoms with van der Waals surface area (Å²) in [5.74, 6) is 0.537. The second kappa shape index (κ2) is 8.24. The maximum Gasteiger partial charge on any atom is 0.192 e. The van der Waals surface area contributed by atoms with Crippen LogP contribution in [0.1, 0.15) is 46.6 Å². The molecule has 1 atom stereocenters. The zero-order chi connectivity index (χ0) is 17.7. The third-order valence-corrected chi connectivity index (χ3v) is 4.83. The van der Waals surface area contributed by atoms with E-state index in [1.165, 1.54) is 4.88 Å². The second-order valence-electron chi connectivity index (χ2n) is 5.81. The fraction of sp³-hybridized carbons (Fsp3) is 0.444. The Morgan fingerprint density at radius 1 is 1.33 bits per heavy atom. The summed E-state index contributed by atoms with van der Waals surface area (Å²) in [7, 11) is 0. The summed E-state index contributed by atoms with van der Waals surface area (Å²) in [6.45, 7) is 11.1. The maximum atomic E-state index is 13.8. The molecule has 0 aliphatic carbocycles. The Balaban J connectivity index is 2.10. The highest BCUT2D eigenvalue weighted by Gasteiger charge is 2.10. The second-order valence-corrected chi connectivity index (χ2v) is 7.10. The highest BCUT2D eigenvalue weighted by molar-refractivity contribution is 7.11. The van der Waals surface area contributed by atoms with E-state index in [1.54, 1.807) is 30.4 Å². The number of aryl methyl sites for hydroxylation is 3. The van der Waals surface area contributed by atoms with Gasteiger partial charge in [-0.2, -0.15) is 0 Å². The molecule has 4 nitrogen and oxygen atoms in total. The lowest BCUT2D eigenvalue weighted by Crippen LogP contribution is -2.38. The highest BCUT2D eigenvalue weighted by atomic mass is 32.1. The number of hydrogen-bond acceptors (Lipinski definition) is 3. The fourth-order valence-corrected chi connectivity index (χ4v) is 3.22. The Morgan fingerprint density at radius 2 is 2.08 bits per heavy atom. The van der Waals surface area contributed by atoms with Gasteiger partial charge in [-0.25, -0.2) is 14.4 Å². The molecule has 0 bridgehead atoms. The molecule has 1 heterocycles. The van der Waals surface area contributed by atoms with E-state index in [9.17, 15) is 4.39 Å². The quantitative estimate of drug-likeness (QED) is 0.634. The summed E-state index contributed by atoms with van der Waals surface area (Å²) < 4.78 is 13.8. The smallest absolute Gasteiger partial charge is 0.192 e. The summed E-state index contributed by atoms with van der Waals surface area (Å²) >= 11 is 1.67. The van der Waals surface area contributed by atoms with Gasteiger partial charge in [0.2, 0.25) is 0 Å². The van der Waals surface area contributed by atoms with Gasteiger partial charge in [0.05, 0.1) is 23.3 Å².